The Morgan fingerprint density at radius 2 is 1.80 bits per heavy atom. The van der Waals surface area contributed by atoms with Gasteiger partial charge in [-0.05, 0) is 54.2 Å². The van der Waals surface area contributed by atoms with Gasteiger partial charge in [0.05, 0.1) is 30.6 Å². The van der Waals surface area contributed by atoms with Gasteiger partial charge in [-0.25, -0.2) is 0 Å². The van der Waals surface area contributed by atoms with Crippen LogP contribution in [0.4, 0.5) is 0 Å². The molecule has 0 bridgehead atoms. The summed E-state index contributed by atoms with van der Waals surface area (Å²) in [5, 5.41) is 4.26. The Hall–Kier alpha value is -3.38. The number of rotatable bonds is 6. The lowest BCUT2D eigenvalue weighted by atomic mass is 10.0. The summed E-state index contributed by atoms with van der Waals surface area (Å²) in [6.45, 7) is 1.40. The molecule has 0 radical (unpaired) electrons. The lowest BCUT2D eigenvalue weighted by Gasteiger charge is -2.29. The van der Waals surface area contributed by atoms with E-state index >= 15 is 0 Å². The zero-order valence-corrected chi connectivity index (χ0v) is 17.2. The average Bonchev–Trinajstić information content (AvgIpc) is 3.52. The zero-order valence-electron chi connectivity index (χ0n) is 16.4. The summed E-state index contributed by atoms with van der Waals surface area (Å²) in [4.78, 5) is 6.89. The standard InChI is InChI=1S/C24H22N4OS/c30-24-26-22(20-11-4-5-13-25-20)23(28(24)16-18-8-2-1-3-9-18)21-12-6-14-27(21)17-19-10-7-15-29-19/h1-15,22-23H,16-17H2,(H,26,30)/t22-,23-/m1/s1. The van der Waals surface area contributed by atoms with Crippen molar-refractivity contribution in [3.63, 3.8) is 0 Å². The molecule has 4 aromatic rings. The third kappa shape index (κ3) is 3.62. The van der Waals surface area contributed by atoms with Gasteiger partial charge >= 0.3 is 0 Å². The fourth-order valence-electron chi connectivity index (χ4n) is 4.09. The van der Waals surface area contributed by atoms with Crippen LogP contribution in [0, 0.1) is 0 Å². The molecule has 0 amide bonds. The summed E-state index contributed by atoms with van der Waals surface area (Å²) in [5.74, 6) is 0.921. The zero-order chi connectivity index (χ0) is 20.3. The minimum atomic E-state index is -0.0346. The molecule has 150 valence electrons. The predicted molar refractivity (Wildman–Crippen MR) is 120 cm³/mol. The van der Waals surface area contributed by atoms with Crippen molar-refractivity contribution in [3.8, 4) is 0 Å². The van der Waals surface area contributed by atoms with Crippen LogP contribution >= 0.6 is 12.2 Å². The second kappa shape index (κ2) is 8.16. The van der Waals surface area contributed by atoms with Crippen molar-refractivity contribution in [1.29, 1.82) is 0 Å². The summed E-state index contributed by atoms with van der Waals surface area (Å²) < 4.78 is 7.82. The number of hydrogen-bond acceptors (Lipinski definition) is 3. The van der Waals surface area contributed by atoms with Crippen molar-refractivity contribution in [1.82, 2.24) is 19.8 Å². The van der Waals surface area contributed by atoms with Gasteiger partial charge in [0.15, 0.2) is 5.11 Å². The molecule has 1 aliphatic rings. The smallest absolute Gasteiger partial charge is 0.170 e. The van der Waals surface area contributed by atoms with Gasteiger partial charge < -0.3 is 19.2 Å². The van der Waals surface area contributed by atoms with Crippen LogP contribution in [0.3, 0.4) is 0 Å². The van der Waals surface area contributed by atoms with E-state index in [1.54, 1.807) is 6.26 Å². The minimum Gasteiger partial charge on any atom is -0.467 e. The fourth-order valence-corrected chi connectivity index (χ4v) is 4.39. The van der Waals surface area contributed by atoms with Crippen LogP contribution in [0.25, 0.3) is 0 Å². The Morgan fingerprint density at radius 1 is 0.933 bits per heavy atom. The molecule has 0 spiro atoms. The fraction of sp³-hybridized carbons (Fsp3) is 0.167. The molecule has 1 aromatic carbocycles. The Morgan fingerprint density at radius 3 is 2.57 bits per heavy atom. The molecular formula is C24H22N4OS. The Kier molecular flexibility index (Phi) is 5.07. The van der Waals surface area contributed by atoms with Gasteiger partial charge in [0.1, 0.15) is 5.76 Å². The molecule has 1 aliphatic heterocycles. The molecule has 0 aliphatic carbocycles. The molecule has 2 atom stereocenters. The summed E-state index contributed by atoms with van der Waals surface area (Å²) in [6.07, 6.45) is 5.64. The maximum atomic E-state index is 5.79. The second-order valence-corrected chi connectivity index (χ2v) is 7.77. The number of thiocarbonyl (C=S) groups is 1. The summed E-state index contributed by atoms with van der Waals surface area (Å²) in [7, 11) is 0. The van der Waals surface area contributed by atoms with Gasteiger partial charge in [0.25, 0.3) is 0 Å². The normalized spacial score (nSPS) is 18.5. The van der Waals surface area contributed by atoms with E-state index in [1.165, 1.54) is 11.3 Å². The van der Waals surface area contributed by atoms with Crippen LogP contribution in [0.15, 0.2) is 95.9 Å². The molecule has 1 N–H and O–H groups in total. The third-order valence-corrected chi connectivity index (χ3v) is 5.82. The van der Waals surface area contributed by atoms with Crippen molar-refractivity contribution < 1.29 is 4.42 Å². The molecular weight excluding hydrogens is 392 g/mol. The van der Waals surface area contributed by atoms with E-state index in [9.17, 15) is 0 Å². The minimum absolute atomic E-state index is 0.0116. The molecule has 3 aromatic heterocycles. The maximum Gasteiger partial charge on any atom is 0.170 e. The number of nitrogens with zero attached hydrogens (tertiary/aromatic N) is 3. The van der Waals surface area contributed by atoms with E-state index in [-0.39, 0.29) is 12.1 Å². The average molecular weight is 415 g/mol. The molecule has 0 saturated carbocycles. The SMILES string of the molecule is S=C1N[C@H](c2ccccn2)[C@@H](c2cccn2Cc2ccco2)N1Cc1ccccc1. The highest BCUT2D eigenvalue weighted by atomic mass is 32.1. The lowest BCUT2D eigenvalue weighted by molar-refractivity contribution is 0.296. The molecule has 6 heteroatoms. The van der Waals surface area contributed by atoms with Crippen molar-refractivity contribution in [3.05, 3.63) is 114 Å². The molecule has 30 heavy (non-hydrogen) atoms. The number of furan rings is 1. The third-order valence-electron chi connectivity index (χ3n) is 5.47. The predicted octanol–water partition coefficient (Wildman–Crippen LogP) is 4.70. The molecule has 0 unspecified atom stereocenters. The van der Waals surface area contributed by atoms with Gasteiger partial charge in [-0.1, -0.05) is 36.4 Å². The summed E-state index contributed by atoms with van der Waals surface area (Å²) in [5.41, 5.74) is 3.37. The van der Waals surface area contributed by atoms with E-state index in [4.69, 9.17) is 16.6 Å². The first kappa shape index (κ1) is 18.6. The second-order valence-electron chi connectivity index (χ2n) is 7.38. The van der Waals surface area contributed by atoms with Crippen LogP contribution in [0.2, 0.25) is 0 Å². The number of nitrogens with one attached hydrogen (secondary N) is 1. The van der Waals surface area contributed by atoms with Gasteiger partial charge in [0.2, 0.25) is 0 Å². The van der Waals surface area contributed by atoms with Crippen molar-refractivity contribution in [2.45, 2.75) is 25.2 Å². The van der Waals surface area contributed by atoms with E-state index < -0.39 is 0 Å². The maximum absolute atomic E-state index is 5.79. The Labute approximate surface area is 181 Å². The van der Waals surface area contributed by atoms with Crippen LogP contribution in [0.5, 0.6) is 0 Å². The van der Waals surface area contributed by atoms with Crippen molar-refractivity contribution >= 4 is 17.3 Å². The van der Waals surface area contributed by atoms with E-state index in [0.717, 1.165) is 23.1 Å². The highest BCUT2D eigenvalue weighted by Gasteiger charge is 2.41. The Balaban J connectivity index is 1.54. The van der Waals surface area contributed by atoms with Gasteiger partial charge in [-0.15, -0.1) is 0 Å². The first-order chi connectivity index (χ1) is 14.8. The number of benzene rings is 1. The molecule has 5 rings (SSSR count). The van der Waals surface area contributed by atoms with Crippen LogP contribution in [-0.2, 0) is 13.1 Å². The monoisotopic (exact) mass is 414 g/mol. The number of hydrogen-bond donors (Lipinski definition) is 1. The summed E-state index contributed by atoms with van der Waals surface area (Å²) in [6, 6.07) is 24.6. The molecule has 5 nitrogen and oxygen atoms in total. The van der Waals surface area contributed by atoms with Gasteiger partial charge in [-0.3, -0.25) is 4.98 Å². The lowest BCUT2D eigenvalue weighted by Crippen LogP contribution is -2.30. The largest absolute Gasteiger partial charge is 0.467 e. The van der Waals surface area contributed by atoms with Crippen molar-refractivity contribution in [2.24, 2.45) is 0 Å². The van der Waals surface area contributed by atoms with Gasteiger partial charge in [0, 0.05) is 24.6 Å². The van der Waals surface area contributed by atoms with E-state index in [1.807, 2.05) is 36.5 Å². The molecule has 1 saturated heterocycles. The summed E-state index contributed by atoms with van der Waals surface area (Å²) >= 11 is 5.79. The van der Waals surface area contributed by atoms with Gasteiger partial charge in [-0.2, -0.15) is 0 Å². The van der Waals surface area contributed by atoms with E-state index in [0.29, 0.717) is 6.54 Å². The topological polar surface area (TPSA) is 46.2 Å². The number of pyridine rings is 1. The number of aromatic nitrogens is 2. The Bertz CT molecular complexity index is 1110. The van der Waals surface area contributed by atoms with Crippen LogP contribution < -0.4 is 5.32 Å². The van der Waals surface area contributed by atoms with Crippen LogP contribution in [-0.4, -0.2) is 19.6 Å². The highest BCUT2D eigenvalue weighted by molar-refractivity contribution is 7.80. The highest BCUT2D eigenvalue weighted by Crippen LogP contribution is 2.39. The quantitative estimate of drug-likeness (QED) is 0.464. The van der Waals surface area contributed by atoms with E-state index in [2.05, 4.69) is 68.4 Å². The first-order valence-electron chi connectivity index (χ1n) is 9.99. The van der Waals surface area contributed by atoms with Crippen LogP contribution in [0.1, 0.15) is 34.8 Å². The first-order valence-corrected chi connectivity index (χ1v) is 10.4. The van der Waals surface area contributed by atoms with Crippen molar-refractivity contribution in [2.75, 3.05) is 0 Å². The molecule has 4 heterocycles. The molecule has 1 fully saturated rings.